The highest BCUT2D eigenvalue weighted by Gasteiger charge is 2.32. The third-order valence-corrected chi connectivity index (χ3v) is 8.41. The second-order valence-electron chi connectivity index (χ2n) is 9.64. The summed E-state index contributed by atoms with van der Waals surface area (Å²) in [6, 6.07) is 19.6. The second-order valence-corrected chi connectivity index (χ2v) is 11.9. The number of carbonyl (C=O) groups is 2. The fourth-order valence-electron chi connectivity index (χ4n) is 4.25. The molecule has 0 aliphatic carbocycles. The van der Waals surface area contributed by atoms with Gasteiger partial charge in [-0.1, -0.05) is 61.3 Å². The average molecular weight is 570 g/mol. The fourth-order valence-corrected chi connectivity index (χ4v) is 5.79. The fraction of sp³-hybridized carbons (Fsp3) is 0.333. The number of carbonyl (C=O) groups excluding carboxylic acids is 2. The highest BCUT2D eigenvalue weighted by atomic mass is 35.5. The van der Waals surface area contributed by atoms with Gasteiger partial charge >= 0.3 is 0 Å². The van der Waals surface area contributed by atoms with Gasteiger partial charge in [-0.15, -0.1) is 0 Å². The number of aryl methyl sites for hydroxylation is 2. The number of unbranched alkanes of at least 4 members (excludes halogenated alkanes) is 1. The topological polar surface area (TPSA) is 86.8 Å². The van der Waals surface area contributed by atoms with Crippen molar-refractivity contribution in [2.45, 2.75) is 58.0 Å². The Bertz CT molecular complexity index is 1360. The summed E-state index contributed by atoms with van der Waals surface area (Å²) in [5, 5.41) is 3.44. The van der Waals surface area contributed by atoms with Crippen LogP contribution in [0, 0.1) is 13.8 Å². The first-order chi connectivity index (χ1) is 18.5. The molecule has 208 valence electrons. The second kappa shape index (κ2) is 13.6. The Morgan fingerprint density at radius 3 is 2.15 bits per heavy atom. The highest BCUT2D eigenvalue weighted by Crippen LogP contribution is 2.26. The molecule has 3 aromatic rings. The van der Waals surface area contributed by atoms with Crippen LogP contribution in [0.2, 0.25) is 5.02 Å². The number of amides is 2. The molecule has 0 bridgehead atoms. The first-order valence-electron chi connectivity index (χ1n) is 13.0. The number of benzene rings is 3. The zero-order chi connectivity index (χ0) is 28.6. The number of rotatable bonds is 12. The molecular formula is C30H36ClN3O4S. The monoisotopic (exact) mass is 569 g/mol. The number of anilines is 1. The Morgan fingerprint density at radius 2 is 1.56 bits per heavy atom. The van der Waals surface area contributed by atoms with E-state index in [4.69, 9.17) is 11.6 Å². The van der Waals surface area contributed by atoms with E-state index in [0.29, 0.717) is 17.3 Å². The van der Waals surface area contributed by atoms with E-state index >= 15 is 0 Å². The number of nitrogens with one attached hydrogen (secondary N) is 1. The first kappa shape index (κ1) is 30.2. The average Bonchev–Trinajstić information content (AvgIpc) is 2.90. The lowest BCUT2D eigenvalue weighted by molar-refractivity contribution is -0.139. The van der Waals surface area contributed by atoms with E-state index in [9.17, 15) is 18.0 Å². The van der Waals surface area contributed by atoms with Crippen molar-refractivity contribution >= 4 is 39.1 Å². The molecule has 0 saturated carbocycles. The van der Waals surface area contributed by atoms with Crippen molar-refractivity contribution in [1.29, 1.82) is 0 Å². The van der Waals surface area contributed by atoms with Crippen molar-refractivity contribution < 1.29 is 18.0 Å². The molecule has 0 fully saturated rings. The largest absolute Gasteiger partial charge is 0.354 e. The van der Waals surface area contributed by atoms with Gasteiger partial charge in [-0.05, 0) is 80.3 Å². The number of sulfonamides is 1. The summed E-state index contributed by atoms with van der Waals surface area (Å²) < 4.78 is 28.8. The van der Waals surface area contributed by atoms with Crippen LogP contribution in [0.25, 0.3) is 0 Å². The van der Waals surface area contributed by atoms with Gasteiger partial charge in [-0.2, -0.15) is 0 Å². The maximum atomic E-state index is 13.9. The van der Waals surface area contributed by atoms with Gasteiger partial charge in [0.1, 0.15) is 12.6 Å². The molecule has 0 aliphatic rings. The van der Waals surface area contributed by atoms with Crippen LogP contribution in [-0.4, -0.2) is 44.3 Å². The van der Waals surface area contributed by atoms with E-state index < -0.39 is 28.5 Å². The Balaban J connectivity index is 2.01. The molecule has 0 saturated heterocycles. The summed E-state index contributed by atoms with van der Waals surface area (Å²) in [5.41, 5.74) is 2.89. The molecule has 0 radical (unpaired) electrons. The van der Waals surface area contributed by atoms with Crippen molar-refractivity contribution in [2.24, 2.45) is 0 Å². The van der Waals surface area contributed by atoms with Crippen molar-refractivity contribution in [3.63, 3.8) is 0 Å². The van der Waals surface area contributed by atoms with Crippen LogP contribution in [0.4, 0.5) is 5.69 Å². The Kier molecular flexibility index (Phi) is 10.5. The number of hydrogen-bond acceptors (Lipinski definition) is 4. The predicted octanol–water partition coefficient (Wildman–Crippen LogP) is 5.49. The molecule has 0 unspecified atom stereocenters. The van der Waals surface area contributed by atoms with Crippen LogP contribution < -0.4 is 9.62 Å². The van der Waals surface area contributed by atoms with Crippen molar-refractivity contribution in [2.75, 3.05) is 17.4 Å². The summed E-state index contributed by atoms with van der Waals surface area (Å²) in [6.45, 7) is 7.58. The van der Waals surface area contributed by atoms with Crippen molar-refractivity contribution in [3.8, 4) is 0 Å². The lowest BCUT2D eigenvalue weighted by atomic mass is 10.1. The Labute approximate surface area is 236 Å². The lowest BCUT2D eigenvalue weighted by Gasteiger charge is -2.32. The van der Waals surface area contributed by atoms with Crippen LogP contribution in [0.5, 0.6) is 0 Å². The van der Waals surface area contributed by atoms with Crippen LogP contribution in [-0.2, 0) is 26.2 Å². The van der Waals surface area contributed by atoms with E-state index in [2.05, 4.69) is 5.32 Å². The summed E-state index contributed by atoms with van der Waals surface area (Å²) in [7, 11) is -4.09. The molecule has 7 nitrogen and oxygen atoms in total. The molecule has 1 atom stereocenters. The summed E-state index contributed by atoms with van der Waals surface area (Å²) in [6.07, 6.45) is 1.74. The van der Waals surface area contributed by atoms with Gasteiger partial charge in [-0.25, -0.2) is 8.42 Å². The maximum absolute atomic E-state index is 13.9. The minimum Gasteiger partial charge on any atom is -0.354 e. The molecule has 0 heterocycles. The predicted molar refractivity (Wildman–Crippen MR) is 156 cm³/mol. The minimum atomic E-state index is -4.09. The van der Waals surface area contributed by atoms with Crippen LogP contribution >= 0.6 is 11.6 Å². The smallest absolute Gasteiger partial charge is 0.264 e. The van der Waals surface area contributed by atoms with Gasteiger partial charge in [-0.3, -0.25) is 13.9 Å². The summed E-state index contributed by atoms with van der Waals surface area (Å²) in [4.78, 5) is 28.4. The number of nitrogens with zero attached hydrogens (tertiary/aromatic N) is 2. The Morgan fingerprint density at radius 1 is 0.949 bits per heavy atom. The van der Waals surface area contributed by atoms with Gasteiger partial charge in [0.2, 0.25) is 11.8 Å². The SMILES string of the molecule is CCCCNC(=O)[C@H](C)N(Cc1ccc(Cl)cc1)C(=O)CN(c1cc(C)cc(C)c1)S(=O)(=O)c1ccccc1. The molecule has 39 heavy (non-hydrogen) atoms. The van der Waals surface area contributed by atoms with Gasteiger partial charge < -0.3 is 10.2 Å². The van der Waals surface area contributed by atoms with Gasteiger partial charge in [0.05, 0.1) is 10.6 Å². The number of halogens is 1. The van der Waals surface area contributed by atoms with Crippen molar-refractivity contribution in [3.05, 3.63) is 94.5 Å². The number of hydrogen-bond donors (Lipinski definition) is 1. The van der Waals surface area contributed by atoms with Crippen LogP contribution in [0.1, 0.15) is 43.4 Å². The van der Waals surface area contributed by atoms with Gasteiger partial charge in [0.15, 0.2) is 0 Å². The first-order valence-corrected chi connectivity index (χ1v) is 14.8. The molecule has 2 amide bonds. The van der Waals surface area contributed by atoms with Crippen molar-refractivity contribution in [1.82, 2.24) is 10.2 Å². The standard InChI is InChI=1S/C30H36ClN3O4S/c1-5-6-16-32-30(36)24(4)33(20-25-12-14-26(31)15-13-25)29(35)21-34(27-18-22(2)17-23(3)19-27)39(37,38)28-10-8-7-9-11-28/h7-15,17-19,24H,5-6,16,20-21H2,1-4H3,(H,32,36)/t24-/m0/s1. The van der Waals surface area contributed by atoms with E-state index in [1.165, 1.54) is 17.0 Å². The third kappa shape index (κ3) is 8.07. The van der Waals surface area contributed by atoms with Crippen LogP contribution in [0.15, 0.2) is 77.7 Å². The molecule has 1 N–H and O–H groups in total. The quantitative estimate of drug-likeness (QED) is 0.292. The molecule has 0 aromatic heterocycles. The highest BCUT2D eigenvalue weighted by molar-refractivity contribution is 7.92. The summed E-state index contributed by atoms with van der Waals surface area (Å²) in [5.74, 6) is -0.795. The zero-order valence-electron chi connectivity index (χ0n) is 22.9. The molecule has 3 aromatic carbocycles. The zero-order valence-corrected chi connectivity index (χ0v) is 24.4. The minimum absolute atomic E-state index is 0.0755. The van der Waals surface area contributed by atoms with Gasteiger partial charge in [0, 0.05) is 18.1 Å². The Hall–Kier alpha value is -3.36. The van der Waals surface area contributed by atoms with Gasteiger partial charge in [0.25, 0.3) is 10.0 Å². The third-order valence-electron chi connectivity index (χ3n) is 6.37. The maximum Gasteiger partial charge on any atom is 0.264 e. The molecule has 3 rings (SSSR count). The van der Waals surface area contributed by atoms with E-state index in [0.717, 1.165) is 33.8 Å². The molecule has 0 spiro atoms. The van der Waals surface area contributed by atoms with E-state index in [1.807, 2.05) is 26.8 Å². The van der Waals surface area contributed by atoms with E-state index in [-0.39, 0.29) is 17.3 Å². The van der Waals surface area contributed by atoms with E-state index in [1.54, 1.807) is 61.5 Å². The summed E-state index contributed by atoms with van der Waals surface area (Å²) >= 11 is 6.05. The molecular weight excluding hydrogens is 534 g/mol. The normalized spacial score (nSPS) is 12.0. The van der Waals surface area contributed by atoms with Crippen LogP contribution in [0.3, 0.4) is 0 Å². The lowest BCUT2D eigenvalue weighted by Crippen LogP contribution is -2.51. The molecule has 9 heteroatoms. The molecule has 0 aliphatic heterocycles.